The van der Waals surface area contributed by atoms with Gasteiger partial charge in [0.15, 0.2) is 6.61 Å². The summed E-state index contributed by atoms with van der Waals surface area (Å²) in [5.74, 6) is 1.22. The lowest BCUT2D eigenvalue weighted by Gasteiger charge is -2.07. The number of carbonyl (C=O) groups is 1. The Morgan fingerprint density at radius 3 is 2.63 bits per heavy atom. The zero-order chi connectivity index (χ0) is 19.1. The summed E-state index contributed by atoms with van der Waals surface area (Å²) in [5, 5.41) is 11.9. The van der Waals surface area contributed by atoms with Gasteiger partial charge in [-0.2, -0.15) is 0 Å². The van der Waals surface area contributed by atoms with E-state index in [9.17, 15) is 4.79 Å². The van der Waals surface area contributed by atoms with Crippen molar-refractivity contribution in [2.75, 3.05) is 19.0 Å². The Bertz CT molecular complexity index is 936. The van der Waals surface area contributed by atoms with Crippen molar-refractivity contribution in [2.45, 2.75) is 6.92 Å². The summed E-state index contributed by atoms with van der Waals surface area (Å²) in [6.07, 6.45) is 3.77. The third-order valence-corrected chi connectivity index (χ3v) is 4.48. The van der Waals surface area contributed by atoms with Crippen LogP contribution in [0.15, 0.2) is 48.5 Å². The number of rotatable bonds is 7. The molecule has 0 spiro atoms. The minimum absolute atomic E-state index is 0.0819. The number of para-hydroxylation sites is 1. The topological polar surface area (TPSA) is 73.3 Å². The Morgan fingerprint density at radius 1 is 1.11 bits per heavy atom. The standard InChI is InChI=1S/C20H19N3O3S/c1-14-5-3-4-6-17(14)26-13-18(24)21-20-23-22-19(27-20)12-9-15-7-10-16(25-2)11-8-15/h3-12H,13H2,1-2H3,(H,21,23,24)/b12-9+. The summed E-state index contributed by atoms with van der Waals surface area (Å²) < 4.78 is 10.7. The van der Waals surface area contributed by atoms with Crippen molar-refractivity contribution in [1.29, 1.82) is 0 Å². The molecule has 0 aliphatic heterocycles. The van der Waals surface area contributed by atoms with Gasteiger partial charge in [-0.15, -0.1) is 10.2 Å². The smallest absolute Gasteiger partial charge is 0.264 e. The van der Waals surface area contributed by atoms with Gasteiger partial charge in [-0.05, 0) is 42.3 Å². The van der Waals surface area contributed by atoms with Crippen LogP contribution in [-0.2, 0) is 4.79 Å². The van der Waals surface area contributed by atoms with Gasteiger partial charge in [0.25, 0.3) is 5.91 Å². The van der Waals surface area contributed by atoms with Gasteiger partial charge in [0.1, 0.15) is 16.5 Å². The number of carbonyl (C=O) groups excluding carboxylic acids is 1. The Balaban J connectivity index is 1.53. The number of anilines is 1. The van der Waals surface area contributed by atoms with Gasteiger partial charge in [-0.25, -0.2) is 0 Å². The van der Waals surface area contributed by atoms with Gasteiger partial charge in [0.2, 0.25) is 5.13 Å². The molecular weight excluding hydrogens is 362 g/mol. The number of benzene rings is 2. The number of amides is 1. The molecule has 0 fully saturated rings. The fourth-order valence-corrected chi connectivity index (χ4v) is 2.91. The molecule has 27 heavy (non-hydrogen) atoms. The molecule has 1 heterocycles. The first kappa shape index (κ1) is 18.6. The van der Waals surface area contributed by atoms with Crippen LogP contribution >= 0.6 is 11.3 Å². The van der Waals surface area contributed by atoms with Gasteiger partial charge in [-0.3, -0.25) is 10.1 Å². The summed E-state index contributed by atoms with van der Waals surface area (Å²) in [5.41, 5.74) is 2.00. The molecule has 7 heteroatoms. The van der Waals surface area contributed by atoms with Crippen LogP contribution in [0, 0.1) is 6.92 Å². The van der Waals surface area contributed by atoms with Crippen LogP contribution < -0.4 is 14.8 Å². The fraction of sp³-hybridized carbons (Fsp3) is 0.150. The maximum absolute atomic E-state index is 12.0. The third-order valence-electron chi connectivity index (χ3n) is 3.67. The summed E-state index contributed by atoms with van der Waals surface area (Å²) >= 11 is 1.29. The highest BCUT2D eigenvalue weighted by atomic mass is 32.1. The van der Waals surface area contributed by atoms with Gasteiger partial charge in [0.05, 0.1) is 7.11 Å². The minimum atomic E-state index is -0.278. The van der Waals surface area contributed by atoms with Crippen molar-refractivity contribution in [1.82, 2.24) is 10.2 Å². The van der Waals surface area contributed by atoms with Gasteiger partial charge >= 0.3 is 0 Å². The predicted molar refractivity (Wildman–Crippen MR) is 107 cm³/mol. The highest BCUT2D eigenvalue weighted by molar-refractivity contribution is 7.16. The van der Waals surface area contributed by atoms with Crippen molar-refractivity contribution >= 4 is 34.5 Å². The second-order valence-corrected chi connectivity index (χ2v) is 6.66. The van der Waals surface area contributed by atoms with Crippen molar-refractivity contribution in [3.8, 4) is 11.5 Å². The largest absolute Gasteiger partial charge is 0.497 e. The number of nitrogens with zero attached hydrogens (tertiary/aromatic N) is 2. The number of nitrogens with one attached hydrogen (secondary N) is 1. The lowest BCUT2D eigenvalue weighted by molar-refractivity contribution is -0.118. The predicted octanol–water partition coefficient (Wildman–Crippen LogP) is 4.04. The number of hydrogen-bond acceptors (Lipinski definition) is 6. The first-order valence-electron chi connectivity index (χ1n) is 8.28. The van der Waals surface area contributed by atoms with Crippen LogP contribution in [0.1, 0.15) is 16.1 Å². The van der Waals surface area contributed by atoms with Crippen molar-refractivity contribution in [3.05, 3.63) is 64.7 Å². The van der Waals surface area contributed by atoms with E-state index < -0.39 is 0 Å². The second kappa shape index (κ2) is 8.95. The van der Waals surface area contributed by atoms with E-state index in [-0.39, 0.29) is 12.5 Å². The SMILES string of the molecule is COc1ccc(/C=C/c2nnc(NC(=O)COc3ccccc3C)s2)cc1. The van der Waals surface area contributed by atoms with E-state index in [1.807, 2.05) is 67.6 Å². The summed E-state index contributed by atoms with van der Waals surface area (Å²) in [6, 6.07) is 15.2. The normalized spacial score (nSPS) is 10.7. The third kappa shape index (κ3) is 5.39. The molecule has 0 saturated heterocycles. The molecule has 2 aromatic carbocycles. The van der Waals surface area contributed by atoms with Crippen LogP contribution in [0.25, 0.3) is 12.2 Å². The van der Waals surface area contributed by atoms with Gasteiger partial charge < -0.3 is 9.47 Å². The van der Waals surface area contributed by atoms with E-state index in [2.05, 4.69) is 15.5 Å². The number of aryl methyl sites for hydroxylation is 1. The van der Waals surface area contributed by atoms with Crippen LogP contribution in [-0.4, -0.2) is 29.8 Å². The quantitative estimate of drug-likeness (QED) is 0.669. The molecule has 0 aliphatic rings. The second-order valence-electron chi connectivity index (χ2n) is 5.65. The highest BCUT2D eigenvalue weighted by Crippen LogP contribution is 2.19. The lowest BCUT2D eigenvalue weighted by atomic mass is 10.2. The Kier molecular flexibility index (Phi) is 6.17. The minimum Gasteiger partial charge on any atom is -0.497 e. The van der Waals surface area contributed by atoms with Crippen LogP contribution in [0.5, 0.6) is 11.5 Å². The van der Waals surface area contributed by atoms with E-state index in [4.69, 9.17) is 9.47 Å². The van der Waals surface area contributed by atoms with Crippen molar-refractivity contribution in [3.63, 3.8) is 0 Å². The fourth-order valence-electron chi connectivity index (χ4n) is 2.25. The lowest BCUT2D eigenvalue weighted by Crippen LogP contribution is -2.20. The van der Waals surface area contributed by atoms with E-state index in [1.54, 1.807) is 7.11 Å². The monoisotopic (exact) mass is 381 g/mol. The van der Waals surface area contributed by atoms with E-state index in [0.717, 1.165) is 16.9 Å². The van der Waals surface area contributed by atoms with Crippen LogP contribution in [0.2, 0.25) is 0 Å². The van der Waals surface area contributed by atoms with Crippen LogP contribution in [0.4, 0.5) is 5.13 Å². The van der Waals surface area contributed by atoms with Crippen LogP contribution in [0.3, 0.4) is 0 Å². The van der Waals surface area contributed by atoms with E-state index in [1.165, 1.54) is 11.3 Å². The molecule has 1 amide bonds. The molecule has 3 aromatic rings. The summed E-state index contributed by atoms with van der Waals surface area (Å²) in [7, 11) is 1.63. The number of aromatic nitrogens is 2. The molecule has 0 radical (unpaired) electrons. The number of ether oxygens (including phenoxy) is 2. The van der Waals surface area contributed by atoms with E-state index >= 15 is 0 Å². The Hall–Kier alpha value is -3.19. The van der Waals surface area contributed by atoms with Gasteiger partial charge in [0, 0.05) is 0 Å². The molecule has 0 atom stereocenters. The molecule has 6 nitrogen and oxygen atoms in total. The Labute approximate surface area is 161 Å². The molecule has 0 unspecified atom stereocenters. The Morgan fingerprint density at radius 2 is 1.89 bits per heavy atom. The average molecular weight is 381 g/mol. The van der Waals surface area contributed by atoms with E-state index in [0.29, 0.717) is 15.9 Å². The number of methoxy groups -OCH3 is 1. The van der Waals surface area contributed by atoms with Crippen molar-refractivity contribution < 1.29 is 14.3 Å². The molecule has 0 saturated carbocycles. The molecular formula is C20H19N3O3S. The zero-order valence-electron chi connectivity index (χ0n) is 15.0. The number of hydrogen-bond donors (Lipinski definition) is 1. The molecule has 3 rings (SSSR count). The zero-order valence-corrected chi connectivity index (χ0v) is 15.8. The summed E-state index contributed by atoms with van der Waals surface area (Å²) in [4.78, 5) is 12.0. The summed E-state index contributed by atoms with van der Waals surface area (Å²) in [6.45, 7) is 1.85. The average Bonchev–Trinajstić information content (AvgIpc) is 3.13. The van der Waals surface area contributed by atoms with Crippen molar-refractivity contribution in [2.24, 2.45) is 0 Å². The maximum atomic E-state index is 12.0. The first-order chi connectivity index (χ1) is 13.1. The first-order valence-corrected chi connectivity index (χ1v) is 9.09. The maximum Gasteiger partial charge on any atom is 0.264 e. The van der Waals surface area contributed by atoms with Gasteiger partial charge in [-0.1, -0.05) is 47.7 Å². The molecule has 138 valence electrons. The molecule has 1 N–H and O–H groups in total. The molecule has 0 aliphatic carbocycles. The highest BCUT2D eigenvalue weighted by Gasteiger charge is 2.08. The molecule has 0 bridgehead atoms. The molecule has 1 aromatic heterocycles.